The van der Waals surface area contributed by atoms with Crippen LogP contribution in [0.2, 0.25) is 5.02 Å². The lowest BCUT2D eigenvalue weighted by atomic mass is 10.1. The molecule has 3 rings (SSSR count). The molecule has 2 amide bonds. The summed E-state index contributed by atoms with van der Waals surface area (Å²) in [6.07, 6.45) is 0. The molecule has 0 aliphatic carbocycles. The van der Waals surface area contributed by atoms with Crippen LogP contribution in [0.4, 0.5) is 0 Å². The molecule has 1 N–H and O–H groups in total. The smallest absolute Gasteiger partial charge is 0.253 e. The average Bonchev–Trinajstić information content (AvgIpc) is 2.69. The molecule has 0 unspecified atom stereocenters. The summed E-state index contributed by atoms with van der Waals surface area (Å²) in [5.74, 6) is -0.554. The molecule has 148 valence electrons. The maximum Gasteiger partial charge on any atom is 0.253 e. The minimum absolute atomic E-state index is 0.0547. The second-order valence-electron chi connectivity index (χ2n) is 6.50. The first-order valence-electron chi connectivity index (χ1n) is 8.64. The number of carbonyl (C=O) groups is 2. The summed E-state index contributed by atoms with van der Waals surface area (Å²) in [5, 5.41) is 3.22. The Morgan fingerprint density at radius 2 is 1.79 bits per heavy atom. The topological polar surface area (TPSA) is 86.8 Å². The van der Waals surface area contributed by atoms with Gasteiger partial charge in [0.2, 0.25) is 15.9 Å². The van der Waals surface area contributed by atoms with Crippen molar-refractivity contribution in [2.24, 2.45) is 0 Å². The van der Waals surface area contributed by atoms with E-state index in [2.05, 4.69) is 5.32 Å². The molecule has 9 heteroatoms. The van der Waals surface area contributed by atoms with Gasteiger partial charge >= 0.3 is 0 Å². The van der Waals surface area contributed by atoms with Crippen molar-refractivity contribution in [2.75, 3.05) is 26.7 Å². The molecule has 28 heavy (non-hydrogen) atoms. The molecule has 2 aromatic carbocycles. The molecular formula is C19H20ClN3O4S. The molecule has 0 radical (unpaired) electrons. The molecule has 0 aromatic heterocycles. The highest BCUT2D eigenvalue weighted by atomic mass is 35.5. The first kappa shape index (κ1) is 20.3. The highest BCUT2D eigenvalue weighted by Gasteiger charge is 2.29. The van der Waals surface area contributed by atoms with Gasteiger partial charge in [0.1, 0.15) is 0 Å². The molecule has 0 bridgehead atoms. The minimum atomic E-state index is -3.78. The van der Waals surface area contributed by atoms with Gasteiger partial charge in [0, 0.05) is 37.3 Å². The number of carbonyl (C=O) groups excluding carboxylic acids is 2. The van der Waals surface area contributed by atoms with Gasteiger partial charge in [-0.3, -0.25) is 9.59 Å². The summed E-state index contributed by atoms with van der Waals surface area (Å²) in [6, 6.07) is 13.0. The Hall–Kier alpha value is -2.42. The Morgan fingerprint density at radius 1 is 1.14 bits per heavy atom. The maximum absolute atomic E-state index is 12.7. The van der Waals surface area contributed by atoms with Crippen molar-refractivity contribution in [1.82, 2.24) is 14.5 Å². The molecule has 1 heterocycles. The fourth-order valence-corrected chi connectivity index (χ4v) is 4.42. The van der Waals surface area contributed by atoms with Gasteiger partial charge in [0.05, 0.1) is 11.4 Å². The second kappa shape index (κ2) is 8.30. The van der Waals surface area contributed by atoms with Crippen molar-refractivity contribution >= 4 is 33.4 Å². The number of hydrogen-bond donors (Lipinski definition) is 1. The molecule has 1 aliphatic rings. The Labute approximate surface area is 168 Å². The third kappa shape index (κ3) is 4.52. The van der Waals surface area contributed by atoms with Crippen LogP contribution in [0.5, 0.6) is 0 Å². The highest BCUT2D eigenvalue weighted by Crippen LogP contribution is 2.18. The zero-order chi connectivity index (χ0) is 20.3. The number of benzene rings is 2. The van der Waals surface area contributed by atoms with E-state index in [1.54, 1.807) is 24.1 Å². The fraction of sp³-hybridized carbons (Fsp3) is 0.263. The highest BCUT2D eigenvalue weighted by molar-refractivity contribution is 7.89. The fourth-order valence-electron chi connectivity index (χ4n) is 2.89. The van der Waals surface area contributed by atoms with E-state index >= 15 is 0 Å². The number of rotatable bonds is 5. The van der Waals surface area contributed by atoms with Gasteiger partial charge in [0.15, 0.2) is 0 Å². The number of nitrogens with zero attached hydrogens (tertiary/aromatic N) is 2. The number of halogens is 1. The third-order valence-corrected chi connectivity index (χ3v) is 6.53. The largest absolute Gasteiger partial charge is 0.354 e. The van der Waals surface area contributed by atoms with Crippen LogP contribution in [-0.4, -0.2) is 56.1 Å². The third-order valence-electron chi connectivity index (χ3n) is 4.42. The molecule has 1 aliphatic heterocycles. The van der Waals surface area contributed by atoms with Crippen molar-refractivity contribution in [3.63, 3.8) is 0 Å². The Balaban J connectivity index is 1.71. The van der Waals surface area contributed by atoms with Crippen LogP contribution in [0.15, 0.2) is 53.4 Å². The molecule has 1 saturated heterocycles. The lowest BCUT2D eigenvalue weighted by Gasteiger charge is -2.26. The number of sulfonamides is 1. The van der Waals surface area contributed by atoms with Crippen LogP contribution in [0.3, 0.4) is 0 Å². The van der Waals surface area contributed by atoms with Gasteiger partial charge < -0.3 is 10.2 Å². The number of amides is 2. The van der Waals surface area contributed by atoms with E-state index in [4.69, 9.17) is 11.6 Å². The van der Waals surface area contributed by atoms with E-state index < -0.39 is 10.0 Å². The standard InChI is InChI=1S/C19H20ClN3O4S/c1-22(12-14-2-6-16(20)7-3-14)19(25)15-4-8-17(9-5-15)28(26,27)23-11-10-21-18(24)13-23/h2-9H,10-13H2,1H3,(H,21,24). The average molecular weight is 422 g/mol. The number of piperazine rings is 1. The normalized spacial score (nSPS) is 15.1. The second-order valence-corrected chi connectivity index (χ2v) is 8.87. The van der Waals surface area contributed by atoms with E-state index in [9.17, 15) is 18.0 Å². The predicted octanol–water partition coefficient (Wildman–Crippen LogP) is 1.73. The number of hydrogen-bond acceptors (Lipinski definition) is 4. The minimum Gasteiger partial charge on any atom is -0.354 e. The first-order chi connectivity index (χ1) is 13.3. The molecule has 1 fully saturated rings. The summed E-state index contributed by atoms with van der Waals surface area (Å²) in [4.78, 5) is 25.7. The van der Waals surface area contributed by atoms with Gasteiger partial charge in [-0.05, 0) is 42.0 Å². The van der Waals surface area contributed by atoms with E-state index in [-0.39, 0.29) is 36.3 Å². The zero-order valence-electron chi connectivity index (χ0n) is 15.3. The molecule has 0 spiro atoms. The van der Waals surface area contributed by atoms with E-state index in [1.165, 1.54) is 24.3 Å². The molecule has 7 nitrogen and oxygen atoms in total. The lowest BCUT2D eigenvalue weighted by molar-refractivity contribution is -0.122. The Morgan fingerprint density at radius 3 is 2.39 bits per heavy atom. The summed E-state index contributed by atoms with van der Waals surface area (Å²) in [5.41, 5.74) is 1.31. The lowest BCUT2D eigenvalue weighted by Crippen LogP contribution is -2.49. The SMILES string of the molecule is CN(Cc1ccc(Cl)cc1)C(=O)c1ccc(S(=O)(=O)N2CCNC(=O)C2)cc1. The van der Waals surface area contributed by atoms with Crippen LogP contribution in [0.25, 0.3) is 0 Å². The summed E-state index contributed by atoms with van der Waals surface area (Å²) >= 11 is 5.87. The van der Waals surface area contributed by atoms with Crippen LogP contribution in [0.1, 0.15) is 15.9 Å². The summed E-state index contributed by atoms with van der Waals surface area (Å²) < 4.78 is 26.4. The summed E-state index contributed by atoms with van der Waals surface area (Å²) in [6.45, 7) is 0.703. The van der Waals surface area contributed by atoms with Gasteiger partial charge in [-0.2, -0.15) is 4.31 Å². The van der Waals surface area contributed by atoms with E-state index in [0.717, 1.165) is 9.87 Å². The molecule has 0 saturated carbocycles. The van der Waals surface area contributed by atoms with Crippen molar-refractivity contribution in [1.29, 1.82) is 0 Å². The van der Waals surface area contributed by atoms with Gasteiger partial charge in [-0.1, -0.05) is 23.7 Å². The molecule has 2 aromatic rings. The van der Waals surface area contributed by atoms with Gasteiger partial charge in [-0.25, -0.2) is 8.42 Å². The van der Waals surface area contributed by atoms with E-state index in [0.29, 0.717) is 17.1 Å². The van der Waals surface area contributed by atoms with Crippen molar-refractivity contribution in [3.05, 3.63) is 64.7 Å². The van der Waals surface area contributed by atoms with Gasteiger partial charge in [0.25, 0.3) is 5.91 Å². The predicted molar refractivity (Wildman–Crippen MR) is 105 cm³/mol. The Kier molecular flexibility index (Phi) is 6.02. The first-order valence-corrected chi connectivity index (χ1v) is 10.5. The number of nitrogens with one attached hydrogen (secondary N) is 1. The monoisotopic (exact) mass is 421 g/mol. The Bertz CT molecular complexity index is 975. The van der Waals surface area contributed by atoms with Crippen molar-refractivity contribution < 1.29 is 18.0 Å². The molecular weight excluding hydrogens is 402 g/mol. The van der Waals surface area contributed by atoms with Crippen molar-refractivity contribution in [2.45, 2.75) is 11.4 Å². The maximum atomic E-state index is 12.7. The van der Waals surface area contributed by atoms with Gasteiger partial charge in [-0.15, -0.1) is 0 Å². The van der Waals surface area contributed by atoms with Crippen LogP contribution >= 0.6 is 11.6 Å². The quantitative estimate of drug-likeness (QED) is 0.796. The molecule has 0 atom stereocenters. The van der Waals surface area contributed by atoms with Crippen LogP contribution in [-0.2, 0) is 21.4 Å². The zero-order valence-corrected chi connectivity index (χ0v) is 16.8. The van der Waals surface area contributed by atoms with Crippen molar-refractivity contribution in [3.8, 4) is 0 Å². The van der Waals surface area contributed by atoms with Crippen LogP contribution in [0, 0.1) is 0 Å². The van der Waals surface area contributed by atoms with E-state index in [1.807, 2.05) is 12.1 Å². The van der Waals surface area contributed by atoms with Crippen LogP contribution < -0.4 is 5.32 Å². The summed E-state index contributed by atoms with van der Waals surface area (Å²) in [7, 11) is -2.10.